The molecule has 0 radical (unpaired) electrons. The van der Waals surface area contributed by atoms with Crippen molar-refractivity contribution >= 4 is 34.3 Å². The molecule has 2 aliphatic heterocycles. The quantitative estimate of drug-likeness (QED) is 0.300. The van der Waals surface area contributed by atoms with Crippen LogP contribution in [0.2, 0.25) is 0 Å². The van der Waals surface area contributed by atoms with Crippen molar-refractivity contribution in [2.75, 3.05) is 29.5 Å². The SMILES string of the molecule is Nc1cccc(C(=O)c2ccc3c(c2)NC(=O)C3=CNc2ccc(CN3CCCC3)cc2)c1. The monoisotopic (exact) mass is 438 g/mol. The Morgan fingerprint density at radius 1 is 1.00 bits per heavy atom. The van der Waals surface area contributed by atoms with E-state index >= 15 is 0 Å². The van der Waals surface area contributed by atoms with Gasteiger partial charge in [-0.3, -0.25) is 14.5 Å². The topological polar surface area (TPSA) is 87.5 Å². The molecule has 4 N–H and O–H groups in total. The van der Waals surface area contributed by atoms with Gasteiger partial charge in [0, 0.05) is 46.5 Å². The Hall–Kier alpha value is -3.90. The number of hydrogen-bond donors (Lipinski definition) is 3. The van der Waals surface area contributed by atoms with E-state index in [0.29, 0.717) is 28.1 Å². The van der Waals surface area contributed by atoms with Gasteiger partial charge in [0.2, 0.25) is 0 Å². The third-order valence-electron chi connectivity index (χ3n) is 6.16. The van der Waals surface area contributed by atoms with E-state index in [4.69, 9.17) is 5.73 Å². The maximum absolute atomic E-state index is 12.8. The predicted octanol–water partition coefficient (Wildman–Crippen LogP) is 4.50. The van der Waals surface area contributed by atoms with E-state index in [1.807, 2.05) is 12.1 Å². The number of nitrogens with two attached hydrogens (primary N) is 1. The number of amides is 1. The van der Waals surface area contributed by atoms with Gasteiger partial charge in [-0.15, -0.1) is 0 Å². The smallest absolute Gasteiger partial charge is 0.257 e. The summed E-state index contributed by atoms with van der Waals surface area (Å²) in [5.74, 6) is -0.333. The Balaban J connectivity index is 1.30. The number of benzene rings is 3. The van der Waals surface area contributed by atoms with Crippen LogP contribution in [0.15, 0.2) is 72.9 Å². The number of nitrogens with one attached hydrogen (secondary N) is 2. The summed E-state index contributed by atoms with van der Waals surface area (Å²) >= 11 is 0. The molecule has 6 nitrogen and oxygen atoms in total. The second-order valence-electron chi connectivity index (χ2n) is 8.55. The number of anilines is 3. The van der Waals surface area contributed by atoms with Crippen LogP contribution in [0, 0.1) is 0 Å². The minimum atomic E-state index is -0.197. The first-order valence-electron chi connectivity index (χ1n) is 11.2. The van der Waals surface area contributed by atoms with E-state index in [0.717, 1.165) is 17.8 Å². The van der Waals surface area contributed by atoms with Crippen molar-refractivity contribution in [1.82, 2.24) is 4.90 Å². The molecule has 0 bridgehead atoms. The third kappa shape index (κ3) is 4.52. The fourth-order valence-electron chi connectivity index (χ4n) is 4.39. The lowest BCUT2D eigenvalue weighted by atomic mass is 9.99. The summed E-state index contributed by atoms with van der Waals surface area (Å²) in [5.41, 5.74) is 11.5. The second-order valence-corrected chi connectivity index (χ2v) is 8.55. The Labute approximate surface area is 193 Å². The average Bonchev–Trinajstić information content (AvgIpc) is 3.44. The minimum absolute atomic E-state index is 0.135. The number of hydrogen-bond acceptors (Lipinski definition) is 5. The van der Waals surface area contributed by atoms with Crippen LogP contribution in [0.1, 0.15) is 39.9 Å². The number of carbonyl (C=O) groups excluding carboxylic acids is 2. The molecule has 0 atom stereocenters. The van der Waals surface area contributed by atoms with Gasteiger partial charge in [-0.05, 0) is 61.8 Å². The highest BCUT2D eigenvalue weighted by atomic mass is 16.2. The number of ketones is 1. The number of rotatable bonds is 6. The van der Waals surface area contributed by atoms with Gasteiger partial charge < -0.3 is 16.4 Å². The summed E-state index contributed by atoms with van der Waals surface area (Å²) in [5, 5.41) is 6.09. The minimum Gasteiger partial charge on any atom is -0.399 e. The van der Waals surface area contributed by atoms with E-state index in [1.54, 1.807) is 48.7 Å². The standard InChI is InChI=1S/C27H26N4O2/c28-21-5-3-4-19(14-21)26(32)20-8-11-23-24(27(33)30-25(23)15-20)16-29-22-9-6-18(7-10-22)17-31-12-1-2-13-31/h3-11,14-16,29H,1-2,12-13,17,28H2,(H,30,33). The first-order valence-corrected chi connectivity index (χ1v) is 11.2. The number of carbonyl (C=O) groups is 2. The van der Waals surface area contributed by atoms with E-state index in [9.17, 15) is 9.59 Å². The van der Waals surface area contributed by atoms with Crippen molar-refractivity contribution in [3.63, 3.8) is 0 Å². The highest BCUT2D eigenvalue weighted by molar-refractivity contribution is 6.32. The van der Waals surface area contributed by atoms with Crippen molar-refractivity contribution in [2.24, 2.45) is 0 Å². The predicted molar refractivity (Wildman–Crippen MR) is 132 cm³/mol. The Bertz CT molecular complexity index is 1240. The number of nitrogens with zero attached hydrogens (tertiary/aromatic N) is 1. The van der Waals surface area contributed by atoms with Crippen LogP contribution in [0.4, 0.5) is 17.1 Å². The maximum Gasteiger partial charge on any atom is 0.257 e. The fourth-order valence-corrected chi connectivity index (χ4v) is 4.39. The van der Waals surface area contributed by atoms with Crippen molar-refractivity contribution in [2.45, 2.75) is 19.4 Å². The highest BCUT2D eigenvalue weighted by Gasteiger charge is 2.25. The summed E-state index contributed by atoms with van der Waals surface area (Å²) in [6.07, 6.45) is 4.29. The summed E-state index contributed by atoms with van der Waals surface area (Å²) < 4.78 is 0. The normalized spacial score (nSPS) is 16.6. The molecular formula is C27H26N4O2. The summed E-state index contributed by atoms with van der Waals surface area (Å²) in [7, 11) is 0. The molecule has 3 aromatic rings. The largest absolute Gasteiger partial charge is 0.399 e. The molecule has 1 saturated heterocycles. The molecule has 166 valence electrons. The van der Waals surface area contributed by atoms with Gasteiger partial charge in [-0.1, -0.05) is 36.4 Å². The lowest BCUT2D eigenvalue weighted by molar-refractivity contribution is -0.110. The van der Waals surface area contributed by atoms with E-state index in [1.165, 1.54) is 31.5 Å². The number of fused-ring (bicyclic) bond motifs is 1. The maximum atomic E-state index is 12.8. The molecule has 2 heterocycles. The summed E-state index contributed by atoms with van der Waals surface area (Å²) in [6, 6.07) is 20.4. The molecule has 0 spiro atoms. The lowest BCUT2D eigenvalue weighted by Gasteiger charge is -2.14. The molecule has 0 aromatic heterocycles. The molecule has 33 heavy (non-hydrogen) atoms. The van der Waals surface area contributed by atoms with E-state index in [2.05, 4.69) is 27.7 Å². The van der Waals surface area contributed by atoms with Gasteiger partial charge in [0.05, 0.1) is 5.57 Å². The Morgan fingerprint density at radius 2 is 1.76 bits per heavy atom. The van der Waals surface area contributed by atoms with Crippen LogP contribution in [-0.4, -0.2) is 29.7 Å². The molecular weight excluding hydrogens is 412 g/mol. The van der Waals surface area contributed by atoms with Gasteiger partial charge in [0.25, 0.3) is 5.91 Å². The van der Waals surface area contributed by atoms with Crippen molar-refractivity contribution in [3.8, 4) is 0 Å². The number of likely N-dealkylation sites (tertiary alicyclic amines) is 1. The molecule has 0 unspecified atom stereocenters. The Kier molecular flexibility index (Phi) is 5.67. The van der Waals surface area contributed by atoms with Crippen LogP contribution >= 0.6 is 0 Å². The molecule has 6 heteroatoms. The molecule has 1 fully saturated rings. The van der Waals surface area contributed by atoms with Crippen LogP contribution in [0.5, 0.6) is 0 Å². The van der Waals surface area contributed by atoms with Crippen molar-refractivity contribution in [3.05, 3.63) is 95.2 Å². The fraction of sp³-hybridized carbons (Fsp3) is 0.185. The average molecular weight is 439 g/mol. The van der Waals surface area contributed by atoms with Gasteiger partial charge >= 0.3 is 0 Å². The molecule has 0 saturated carbocycles. The van der Waals surface area contributed by atoms with Gasteiger partial charge in [-0.25, -0.2) is 0 Å². The van der Waals surface area contributed by atoms with Crippen molar-refractivity contribution in [1.29, 1.82) is 0 Å². The van der Waals surface area contributed by atoms with Gasteiger partial charge in [0.1, 0.15) is 0 Å². The summed E-state index contributed by atoms with van der Waals surface area (Å²) in [4.78, 5) is 27.8. The van der Waals surface area contributed by atoms with Gasteiger partial charge in [-0.2, -0.15) is 0 Å². The molecule has 2 aliphatic rings. The molecule has 3 aromatic carbocycles. The van der Waals surface area contributed by atoms with Gasteiger partial charge in [0.15, 0.2) is 5.78 Å². The van der Waals surface area contributed by atoms with Crippen LogP contribution < -0.4 is 16.4 Å². The third-order valence-corrected chi connectivity index (χ3v) is 6.16. The molecule has 1 amide bonds. The Morgan fingerprint density at radius 3 is 2.52 bits per heavy atom. The zero-order valence-corrected chi connectivity index (χ0v) is 18.3. The van der Waals surface area contributed by atoms with Crippen LogP contribution in [0.25, 0.3) is 5.57 Å². The highest BCUT2D eigenvalue weighted by Crippen LogP contribution is 2.33. The summed E-state index contributed by atoms with van der Waals surface area (Å²) in [6.45, 7) is 3.33. The zero-order chi connectivity index (χ0) is 22.8. The van der Waals surface area contributed by atoms with Crippen LogP contribution in [-0.2, 0) is 11.3 Å². The molecule has 0 aliphatic carbocycles. The zero-order valence-electron chi connectivity index (χ0n) is 18.3. The first-order chi connectivity index (χ1) is 16.1. The molecule has 5 rings (SSSR count). The van der Waals surface area contributed by atoms with Crippen molar-refractivity contribution < 1.29 is 9.59 Å². The first kappa shape index (κ1) is 21.0. The van der Waals surface area contributed by atoms with E-state index < -0.39 is 0 Å². The number of nitrogen functional groups attached to an aromatic ring is 1. The second kappa shape index (κ2) is 8.92. The van der Waals surface area contributed by atoms with E-state index in [-0.39, 0.29) is 11.7 Å². The lowest BCUT2D eigenvalue weighted by Crippen LogP contribution is -2.18. The van der Waals surface area contributed by atoms with Crippen LogP contribution in [0.3, 0.4) is 0 Å².